The first-order valence-electron chi connectivity index (χ1n) is 6.62. The van der Waals surface area contributed by atoms with Gasteiger partial charge in [-0.2, -0.15) is 0 Å². The van der Waals surface area contributed by atoms with Crippen LogP contribution in [0.3, 0.4) is 0 Å². The van der Waals surface area contributed by atoms with Crippen molar-refractivity contribution in [3.8, 4) is 0 Å². The van der Waals surface area contributed by atoms with E-state index in [2.05, 4.69) is 41.4 Å². The van der Waals surface area contributed by atoms with Crippen LogP contribution in [0.4, 0.5) is 0 Å². The van der Waals surface area contributed by atoms with Crippen LogP contribution in [0.5, 0.6) is 0 Å². The van der Waals surface area contributed by atoms with Gasteiger partial charge in [0.25, 0.3) is 0 Å². The third-order valence-corrected chi connectivity index (χ3v) is 3.03. The summed E-state index contributed by atoms with van der Waals surface area (Å²) in [6, 6.07) is 8.41. The van der Waals surface area contributed by atoms with E-state index in [1.165, 1.54) is 17.2 Å². The van der Waals surface area contributed by atoms with Crippen molar-refractivity contribution in [2.45, 2.75) is 20.4 Å². The quantitative estimate of drug-likeness (QED) is 0.662. The number of nitrogens with one attached hydrogen (secondary N) is 1. The van der Waals surface area contributed by atoms with Gasteiger partial charge in [0.1, 0.15) is 5.82 Å². The molecule has 0 saturated carbocycles. The fraction of sp³-hybridized carbons (Fsp3) is 0.400. The highest BCUT2D eigenvalue weighted by atomic mass is 16.5. The monoisotopic (exact) mass is 260 g/mol. The van der Waals surface area contributed by atoms with E-state index < -0.39 is 0 Å². The van der Waals surface area contributed by atoms with Crippen LogP contribution in [-0.2, 0) is 16.1 Å². The summed E-state index contributed by atoms with van der Waals surface area (Å²) in [5.41, 5.74) is 2.50. The molecular weight excluding hydrogens is 240 g/mol. The molecule has 0 amide bonds. The van der Waals surface area contributed by atoms with Crippen molar-refractivity contribution < 1.29 is 9.53 Å². The Morgan fingerprint density at radius 3 is 3.11 bits per heavy atom. The maximum Gasteiger partial charge on any atom is 0.334 e. The Morgan fingerprint density at radius 2 is 2.37 bits per heavy atom. The van der Waals surface area contributed by atoms with E-state index in [-0.39, 0.29) is 5.97 Å². The molecule has 0 atom stereocenters. The van der Waals surface area contributed by atoms with Gasteiger partial charge in [0.15, 0.2) is 0 Å². The normalized spacial score (nSPS) is 16.5. The molecule has 1 aromatic carbocycles. The average molecular weight is 260 g/mol. The summed E-state index contributed by atoms with van der Waals surface area (Å²) in [5, 5.41) is 3.22. The number of carbonyl (C=O) groups is 1. The predicted octanol–water partition coefficient (Wildman–Crippen LogP) is 1.80. The van der Waals surface area contributed by atoms with E-state index >= 15 is 0 Å². The van der Waals surface area contributed by atoms with Gasteiger partial charge in [-0.3, -0.25) is 0 Å². The Labute approximate surface area is 114 Å². The Hall–Kier alpha value is -1.97. The molecule has 0 unspecified atom stereocenters. The van der Waals surface area contributed by atoms with Crippen molar-refractivity contribution in [3.05, 3.63) is 47.3 Å². The molecular formula is C15H20N2O2. The van der Waals surface area contributed by atoms with Crippen LogP contribution in [0.25, 0.3) is 0 Å². The second-order valence-corrected chi connectivity index (χ2v) is 4.62. The molecule has 2 rings (SSSR count). The van der Waals surface area contributed by atoms with Crippen LogP contribution < -0.4 is 5.32 Å². The zero-order chi connectivity index (χ0) is 13.7. The fourth-order valence-corrected chi connectivity index (χ4v) is 2.18. The van der Waals surface area contributed by atoms with Crippen molar-refractivity contribution >= 4 is 5.97 Å². The number of ether oxygens (including phenoxy) is 1. The van der Waals surface area contributed by atoms with E-state index in [0.717, 1.165) is 25.5 Å². The molecule has 0 spiro atoms. The largest absolute Gasteiger partial charge is 0.463 e. The van der Waals surface area contributed by atoms with Crippen molar-refractivity contribution in [1.82, 2.24) is 10.2 Å². The second kappa shape index (κ2) is 6.27. The standard InChI is InChI=1S/C15H20N2O2/c1-3-19-15(18)10-14-16-7-8-17(14)11-13-6-4-5-12(2)9-13/h4-6,9-10,16H,3,7-8,11H2,1-2H3/b14-10+. The van der Waals surface area contributed by atoms with Crippen LogP contribution in [0.2, 0.25) is 0 Å². The van der Waals surface area contributed by atoms with E-state index in [0.29, 0.717) is 6.61 Å². The lowest BCUT2D eigenvalue weighted by Crippen LogP contribution is -2.21. The number of benzene rings is 1. The van der Waals surface area contributed by atoms with Gasteiger partial charge in [-0.15, -0.1) is 0 Å². The van der Waals surface area contributed by atoms with Crippen LogP contribution in [0, 0.1) is 6.92 Å². The first-order valence-corrected chi connectivity index (χ1v) is 6.62. The zero-order valence-corrected chi connectivity index (χ0v) is 11.5. The molecule has 1 aliphatic rings. The van der Waals surface area contributed by atoms with Gasteiger partial charge in [0, 0.05) is 19.6 Å². The van der Waals surface area contributed by atoms with E-state index in [1.807, 2.05) is 6.92 Å². The maximum atomic E-state index is 11.5. The molecule has 1 N–H and O–H groups in total. The lowest BCUT2D eigenvalue weighted by Gasteiger charge is -2.19. The number of hydrogen-bond acceptors (Lipinski definition) is 4. The summed E-state index contributed by atoms with van der Waals surface area (Å²) in [7, 11) is 0. The SMILES string of the molecule is CCOC(=O)/C=C1\NCCN1Cc1cccc(C)c1. The van der Waals surface area contributed by atoms with Gasteiger partial charge < -0.3 is 15.0 Å². The molecule has 4 heteroatoms. The number of rotatable bonds is 4. The molecule has 1 fully saturated rings. The number of aryl methyl sites for hydroxylation is 1. The van der Waals surface area contributed by atoms with E-state index in [4.69, 9.17) is 4.74 Å². The Bertz CT molecular complexity index is 483. The number of esters is 1. The summed E-state index contributed by atoms with van der Waals surface area (Å²) >= 11 is 0. The van der Waals surface area contributed by atoms with Crippen molar-refractivity contribution in [2.24, 2.45) is 0 Å². The van der Waals surface area contributed by atoms with Gasteiger partial charge in [-0.25, -0.2) is 4.79 Å². The summed E-state index contributed by atoms with van der Waals surface area (Å²) in [4.78, 5) is 13.6. The maximum absolute atomic E-state index is 11.5. The highest BCUT2D eigenvalue weighted by molar-refractivity contribution is 5.82. The van der Waals surface area contributed by atoms with Gasteiger partial charge in [-0.05, 0) is 19.4 Å². The van der Waals surface area contributed by atoms with Crippen LogP contribution >= 0.6 is 0 Å². The van der Waals surface area contributed by atoms with Crippen LogP contribution in [0.1, 0.15) is 18.1 Å². The predicted molar refractivity (Wildman–Crippen MR) is 74.3 cm³/mol. The zero-order valence-electron chi connectivity index (χ0n) is 11.5. The third kappa shape index (κ3) is 3.74. The average Bonchev–Trinajstić information content (AvgIpc) is 2.77. The van der Waals surface area contributed by atoms with E-state index in [1.54, 1.807) is 0 Å². The van der Waals surface area contributed by atoms with E-state index in [9.17, 15) is 4.79 Å². The minimum absolute atomic E-state index is 0.291. The molecule has 0 aliphatic carbocycles. The van der Waals surface area contributed by atoms with Crippen molar-refractivity contribution in [1.29, 1.82) is 0 Å². The Kier molecular flexibility index (Phi) is 4.44. The Balaban J connectivity index is 2.05. The van der Waals surface area contributed by atoms with Gasteiger partial charge >= 0.3 is 5.97 Å². The summed E-state index contributed by atoms with van der Waals surface area (Å²) in [6.07, 6.45) is 1.53. The molecule has 1 saturated heterocycles. The lowest BCUT2D eigenvalue weighted by atomic mass is 10.1. The molecule has 102 valence electrons. The van der Waals surface area contributed by atoms with Crippen LogP contribution in [0.15, 0.2) is 36.2 Å². The first-order chi connectivity index (χ1) is 9.19. The lowest BCUT2D eigenvalue weighted by molar-refractivity contribution is -0.137. The van der Waals surface area contributed by atoms with Crippen LogP contribution in [-0.4, -0.2) is 30.6 Å². The second-order valence-electron chi connectivity index (χ2n) is 4.62. The minimum Gasteiger partial charge on any atom is -0.463 e. The molecule has 1 heterocycles. The number of hydrogen-bond donors (Lipinski definition) is 1. The highest BCUT2D eigenvalue weighted by Crippen LogP contribution is 2.14. The molecule has 19 heavy (non-hydrogen) atoms. The fourth-order valence-electron chi connectivity index (χ4n) is 2.18. The topological polar surface area (TPSA) is 41.6 Å². The highest BCUT2D eigenvalue weighted by Gasteiger charge is 2.17. The minimum atomic E-state index is -0.291. The Morgan fingerprint density at radius 1 is 1.53 bits per heavy atom. The molecule has 1 aliphatic heterocycles. The third-order valence-electron chi connectivity index (χ3n) is 3.03. The van der Waals surface area contributed by atoms with Gasteiger partial charge in [-0.1, -0.05) is 29.8 Å². The molecule has 1 aromatic rings. The summed E-state index contributed by atoms with van der Waals surface area (Å²) in [6.45, 7) is 6.86. The summed E-state index contributed by atoms with van der Waals surface area (Å²) in [5.74, 6) is 0.557. The summed E-state index contributed by atoms with van der Waals surface area (Å²) < 4.78 is 4.94. The molecule has 4 nitrogen and oxygen atoms in total. The number of nitrogens with zero attached hydrogens (tertiary/aromatic N) is 1. The molecule has 0 bridgehead atoms. The molecule has 0 radical (unpaired) electrons. The first kappa shape index (κ1) is 13.5. The number of carbonyl (C=O) groups excluding carboxylic acids is 1. The van der Waals surface area contributed by atoms with Gasteiger partial charge in [0.2, 0.25) is 0 Å². The molecule has 0 aromatic heterocycles. The van der Waals surface area contributed by atoms with Crippen molar-refractivity contribution in [2.75, 3.05) is 19.7 Å². The smallest absolute Gasteiger partial charge is 0.334 e. The van der Waals surface area contributed by atoms with Crippen molar-refractivity contribution in [3.63, 3.8) is 0 Å². The van der Waals surface area contributed by atoms with Gasteiger partial charge in [0.05, 0.1) is 12.7 Å².